The van der Waals surface area contributed by atoms with Gasteiger partial charge in [-0.05, 0) is 15.8 Å². The molecule has 0 saturated heterocycles. The zero-order valence-electron chi connectivity index (χ0n) is 11.9. The number of hydrogen-bond acceptors (Lipinski definition) is 4. The van der Waals surface area contributed by atoms with E-state index in [0.29, 0.717) is 26.2 Å². The van der Waals surface area contributed by atoms with Crippen LogP contribution in [0.15, 0.2) is 0 Å². The summed E-state index contributed by atoms with van der Waals surface area (Å²) in [7, 11) is 0.191. The molecule has 0 heterocycles. The smallest absolute Gasteiger partial charge is 0.329 e. The fourth-order valence-electron chi connectivity index (χ4n) is 0.500. The van der Waals surface area contributed by atoms with Gasteiger partial charge >= 0.3 is 16.8 Å². The predicted molar refractivity (Wildman–Crippen MR) is 86.3 cm³/mol. The standard InChI is InChI=1S/C6H16P2.2C2H8N2.Co/c1-7(2)5-6-8(3)4;2*3-1-2-4;/h5-6H2,1-4H3;2*1-4H2;/q;;;+3/p+2. The van der Waals surface area contributed by atoms with Gasteiger partial charge in [0.15, 0.2) is 0 Å². The molecule has 0 fully saturated rings. The van der Waals surface area contributed by atoms with E-state index in [1.807, 2.05) is 0 Å². The fourth-order valence-corrected chi connectivity index (χ4v) is 4.50. The number of nitrogens with two attached hydrogens (primary N) is 4. The van der Waals surface area contributed by atoms with Gasteiger partial charge in [-0.1, -0.05) is 0 Å². The zero-order valence-corrected chi connectivity index (χ0v) is 14.9. The summed E-state index contributed by atoms with van der Waals surface area (Å²) in [6.07, 6.45) is 3.07. The van der Waals surface area contributed by atoms with Crippen LogP contribution < -0.4 is 22.9 Å². The Morgan fingerprint density at radius 1 is 0.588 bits per heavy atom. The Morgan fingerprint density at radius 3 is 0.824 bits per heavy atom. The summed E-state index contributed by atoms with van der Waals surface area (Å²) in [4.78, 5) is 0. The Kier molecular flexibility index (Phi) is 40.7. The Bertz CT molecular complexity index is 92.3. The zero-order chi connectivity index (χ0) is 13.4. The molecule has 0 atom stereocenters. The Hall–Kier alpha value is 1.21. The second-order valence-corrected chi connectivity index (χ2v) is 9.90. The second-order valence-electron chi connectivity index (χ2n) is 4.07. The predicted octanol–water partition coefficient (Wildman–Crippen LogP) is -0.261. The van der Waals surface area contributed by atoms with E-state index < -0.39 is 0 Å². The van der Waals surface area contributed by atoms with Crippen molar-refractivity contribution in [1.29, 1.82) is 0 Å². The van der Waals surface area contributed by atoms with Crippen molar-refractivity contribution in [2.45, 2.75) is 0 Å². The van der Waals surface area contributed by atoms with Gasteiger partial charge in [0.2, 0.25) is 0 Å². The van der Waals surface area contributed by atoms with Gasteiger partial charge in [-0.15, -0.1) is 0 Å². The molecule has 0 rings (SSSR count). The quantitative estimate of drug-likeness (QED) is 0.521. The van der Waals surface area contributed by atoms with Crippen molar-refractivity contribution in [1.82, 2.24) is 0 Å². The molecule has 0 aliphatic heterocycles. The van der Waals surface area contributed by atoms with Crippen LogP contribution >= 0.6 is 15.8 Å². The molecule has 0 aromatic heterocycles. The molecule has 0 aromatic carbocycles. The van der Waals surface area contributed by atoms with E-state index in [1.54, 1.807) is 0 Å². The van der Waals surface area contributed by atoms with Crippen molar-refractivity contribution >= 4 is 15.8 Å². The van der Waals surface area contributed by atoms with E-state index in [2.05, 4.69) is 26.7 Å². The molecule has 0 aromatic rings. The molecule has 0 saturated carbocycles. The first-order chi connectivity index (χ1) is 7.45. The molecule has 8 N–H and O–H groups in total. The number of rotatable bonds is 5. The average molecular weight is 331 g/mol. The third kappa shape index (κ3) is 59.1. The fraction of sp³-hybridized carbons (Fsp3) is 1.00. The van der Waals surface area contributed by atoms with Crippen LogP contribution in [0.4, 0.5) is 0 Å². The van der Waals surface area contributed by atoms with Crippen LogP contribution in [0.25, 0.3) is 0 Å². The van der Waals surface area contributed by atoms with Crippen LogP contribution in [-0.4, -0.2) is 65.2 Å². The van der Waals surface area contributed by atoms with Gasteiger partial charge in [-0.25, -0.2) is 0 Å². The third-order valence-electron chi connectivity index (χ3n) is 1.46. The molecule has 17 heavy (non-hydrogen) atoms. The van der Waals surface area contributed by atoms with E-state index in [-0.39, 0.29) is 32.6 Å². The molecular weight excluding hydrogens is 297 g/mol. The first-order valence-electron chi connectivity index (χ1n) is 5.84. The van der Waals surface area contributed by atoms with Gasteiger partial charge in [0.1, 0.15) is 0 Å². The van der Waals surface area contributed by atoms with Crippen molar-refractivity contribution in [2.75, 3.05) is 65.2 Å². The van der Waals surface area contributed by atoms with Gasteiger partial charge in [0, 0.05) is 52.8 Å². The summed E-state index contributed by atoms with van der Waals surface area (Å²) >= 11 is 0. The largest absolute Gasteiger partial charge is 3.00 e. The van der Waals surface area contributed by atoms with Crippen LogP contribution in [0.1, 0.15) is 0 Å². The molecule has 4 nitrogen and oxygen atoms in total. The topological polar surface area (TPSA) is 104 Å². The maximum atomic E-state index is 4.90. The van der Waals surface area contributed by atoms with Crippen molar-refractivity contribution in [3.05, 3.63) is 0 Å². The second kappa shape index (κ2) is 25.9. The first-order valence-corrected chi connectivity index (χ1v) is 11.3. The molecule has 7 heteroatoms. The van der Waals surface area contributed by atoms with E-state index in [0.717, 1.165) is 0 Å². The van der Waals surface area contributed by atoms with Crippen LogP contribution in [0.3, 0.4) is 0 Å². The van der Waals surface area contributed by atoms with Gasteiger partial charge < -0.3 is 22.9 Å². The maximum absolute atomic E-state index is 4.90. The van der Waals surface area contributed by atoms with Crippen LogP contribution in [0.5, 0.6) is 0 Å². The van der Waals surface area contributed by atoms with Crippen molar-refractivity contribution in [3.8, 4) is 0 Å². The van der Waals surface area contributed by atoms with Crippen LogP contribution in [-0.2, 0) is 16.8 Å². The van der Waals surface area contributed by atoms with Gasteiger partial charge in [-0.2, -0.15) is 0 Å². The summed E-state index contributed by atoms with van der Waals surface area (Å²) in [6.45, 7) is 12.0. The van der Waals surface area contributed by atoms with Gasteiger partial charge in [0.25, 0.3) is 0 Å². The average Bonchev–Trinajstić information content (AvgIpc) is 2.27. The minimum atomic E-state index is 0. The summed E-state index contributed by atoms with van der Waals surface area (Å²) in [5, 5.41) is 0. The van der Waals surface area contributed by atoms with Gasteiger partial charge in [0.05, 0.1) is 12.3 Å². The molecule has 0 amide bonds. The van der Waals surface area contributed by atoms with Gasteiger partial charge in [-0.3, -0.25) is 0 Å². The summed E-state index contributed by atoms with van der Waals surface area (Å²) in [5.74, 6) is 0. The molecular formula is C10H34CoN4P2+5. The van der Waals surface area contributed by atoms with E-state index in [4.69, 9.17) is 22.9 Å². The Labute approximate surface area is 121 Å². The van der Waals surface area contributed by atoms with E-state index in [9.17, 15) is 0 Å². The third-order valence-corrected chi connectivity index (χ3v) is 4.46. The molecule has 0 aliphatic rings. The molecule has 0 aliphatic carbocycles. The molecule has 0 spiro atoms. The Balaban J connectivity index is -0.0000000806. The van der Waals surface area contributed by atoms with Crippen molar-refractivity contribution in [2.24, 2.45) is 22.9 Å². The minimum Gasteiger partial charge on any atom is -0.329 e. The number of hydrogen-bond donors (Lipinski definition) is 4. The monoisotopic (exact) mass is 331 g/mol. The Morgan fingerprint density at radius 2 is 0.765 bits per heavy atom. The summed E-state index contributed by atoms with van der Waals surface area (Å²) < 4.78 is 0. The molecule has 108 valence electrons. The molecule has 0 bridgehead atoms. The molecule has 0 radical (unpaired) electrons. The maximum Gasteiger partial charge on any atom is 3.00 e. The van der Waals surface area contributed by atoms with Crippen molar-refractivity contribution in [3.63, 3.8) is 0 Å². The SMILES string of the molecule is C[PH+](C)CC[PH+](C)C.NCCN.NCCN.[Co+3]. The molecule has 0 unspecified atom stereocenters. The summed E-state index contributed by atoms with van der Waals surface area (Å²) in [5.41, 5.74) is 19.6. The van der Waals surface area contributed by atoms with E-state index in [1.165, 1.54) is 12.3 Å². The van der Waals surface area contributed by atoms with E-state index >= 15 is 0 Å². The minimum absolute atomic E-state index is 0. The van der Waals surface area contributed by atoms with Crippen molar-refractivity contribution < 1.29 is 16.8 Å². The van der Waals surface area contributed by atoms with Crippen LogP contribution in [0, 0.1) is 0 Å². The first kappa shape index (κ1) is 26.7. The summed E-state index contributed by atoms with van der Waals surface area (Å²) in [6, 6.07) is 0. The normalized spacial score (nSPS) is 8.82. The van der Waals surface area contributed by atoms with Crippen LogP contribution in [0.2, 0.25) is 0 Å².